The summed E-state index contributed by atoms with van der Waals surface area (Å²) in [4.78, 5) is 23.9. The van der Waals surface area contributed by atoms with Crippen LogP contribution in [0.5, 0.6) is 0 Å². The SMILES string of the molecule is CCCN(CC(=O)O)C(=O)C1CCN(C)S1(=O)=O. The maximum Gasteiger partial charge on any atom is 0.323 e. The lowest BCUT2D eigenvalue weighted by molar-refractivity contribution is -0.144. The Balaban J connectivity index is 2.87. The van der Waals surface area contributed by atoms with Crippen LogP contribution < -0.4 is 0 Å². The number of carboxylic acid groups (broad SMARTS) is 1. The molecule has 1 aliphatic rings. The Morgan fingerprint density at radius 1 is 1.44 bits per heavy atom. The molecular weight excluding hydrogens is 260 g/mol. The van der Waals surface area contributed by atoms with Crippen LogP contribution in [0.3, 0.4) is 0 Å². The summed E-state index contributed by atoms with van der Waals surface area (Å²) in [6.07, 6.45) is 0.805. The van der Waals surface area contributed by atoms with E-state index >= 15 is 0 Å². The van der Waals surface area contributed by atoms with E-state index in [1.54, 1.807) is 6.92 Å². The molecule has 0 aliphatic carbocycles. The Morgan fingerprint density at radius 3 is 2.44 bits per heavy atom. The van der Waals surface area contributed by atoms with Crippen LogP contribution in [0.2, 0.25) is 0 Å². The third kappa shape index (κ3) is 2.99. The Bertz CT molecular complexity index is 434. The molecule has 18 heavy (non-hydrogen) atoms. The number of hydrogen-bond acceptors (Lipinski definition) is 4. The van der Waals surface area contributed by atoms with Gasteiger partial charge in [0.25, 0.3) is 0 Å². The molecule has 1 rings (SSSR count). The minimum atomic E-state index is -3.61. The second kappa shape index (κ2) is 5.66. The first-order valence-corrected chi connectivity index (χ1v) is 7.26. The highest BCUT2D eigenvalue weighted by atomic mass is 32.2. The summed E-state index contributed by atoms with van der Waals surface area (Å²) in [5.74, 6) is -1.75. The van der Waals surface area contributed by atoms with Gasteiger partial charge >= 0.3 is 5.97 Å². The Hall–Kier alpha value is -1.15. The van der Waals surface area contributed by atoms with Gasteiger partial charge in [0.2, 0.25) is 15.9 Å². The van der Waals surface area contributed by atoms with Gasteiger partial charge in [-0.1, -0.05) is 6.92 Å². The highest BCUT2D eigenvalue weighted by Crippen LogP contribution is 2.21. The van der Waals surface area contributed by atoms with E-state index < -0.39 is 33.7 Å². The molecule has 1 heterocycles. The Labute approximate surface area is 106 Å². The topological polar surface area (TPSA) is 95.0 Å². The van der Waals surface area contributed by atoms with Gasteiger partial charge in [0, 0.05) is 20.1 Å². The predicted molar refractivity (Wildman–Crippen MR) is 64.5 cm³/mol. The van der Waals surface area contributed by atoms with E-state index in [2.05, 4.69) is 0 Å². The number of carbonyl (C=O) groups is 2. The summed E-state index contributed by atoms with van der Waals surface area (Å²) in [6.45, 7) is 1.90. The van der Waals surface area contributed by atoms with Crippen molar-refractivity contribution in [2.24, 2.45) is 0 Å². The van der Waals surface area contributed by atoms with Crippen LogP contribution in [0.15, 0.2) is 0 Å². The molecule has 1 unspecified atom stereocenters. The molecular formula is C10H18N2O5S. The highest BCUT2D eigenvalue weighted by Gasteiger charge is 2.43. The van der Waals surface area contributed by atoms with Gasteiger partial charge in [-0.25, -0.2) is 12.7 Å². The van der Waals surface area contributed by atoms with Gasteiger partial charge in [-0.2, -0.15) is 0 Å². The number of carbonyl (C=O) groups excluding carboxylic acids is 1. The van der Waals surface area contributed by atoms with Crippen molar-refractivity contribution in [1.29, 1.82) is 0 Å². The third-order valence-corrected chi connectivity index (χ3v) is 5.11. The standard InChI is InChI=1S/C10H18N2O5S/c1-3-5-12(7-9(13)14)10(15)8-4-6-11(2)18(8,16)17/h8H,3-7H2,1-2H3,(H,13,14). The molecule has 0 saturated carbocycles. The summed E-state index contributed by atoms with van der Waals surface area (Å²) in [6, 6.07) is 0. The Kier molecular flexibility index (Phi) is 4.69. The van der Waals surface area contributed by atoms with Gasteiger partial charge in [-0.3, -0.25) is 9.59 Å². The number of sulfonamides is 1. The first-order valence-electron chi connectivity index (χ1n) is 5.76. The van der Waals surface area contributed by atoms with Gasteiger partial charge in [-0.05, 0) is 12.8 Å². The fourth-order valence-electron chi connectivity index (χ4n) is 1.95. The average Bonchev–Trinajstić information content (AvgIpc) is 2.52. The minimum Gasteiger partial charge on any atom is -0.480 e. The summed E-state index contributed by atoms with van der Waals surface area (Å²) in [7, 11) is -2.19. The Morgan fingerprint density at radius 2 is 2.06 bits per heavy atom. The molecule has 1 saturated heterocycles. The lowest BCUT2D eigenvalue weighted by atomic mass is 10.2. The molecule has 1 atom stereocenters. The number of amides is 1. The quantitative estimate of drug-likeness (QED) is 0.720. The van der Waals surface area contributed by atoms with Gasteiger partial charge in [-0.15, -0.1) is 0 Å². The van der Waals surface area contributed by atoms with Crippen LogP contribution in [0.25, 0.3) is 0 Å². The van der Waals surface area contributed by atoms with E-state index in [0.717, 1.165) is 9.21 Å². The van der Waals surface area contributed by atoms with E-state index in [4.69, 9.17) is 5.11 Å². The van der Waals surface area contributed by atoms with Gasteiger partial charge in [0.1, 0.15) is 6.54 Å². The van der Waals surface area contributed by atoms with E-state index in [1.807, 2.05) is 0 Å². The summed E-state index contributed by atoms with van der Waals surface area (Å²) in [5, 5.41) is 7.60. The maximum absolute atomic E-state index is 12.1. The first-order chi connectivity index (χ1) is 8.30. The fourth-order valence-corrected chi connectivity index (χ4v) is 3.55. The molecule has 104 valence electrons. The molecule has 1 N–H and O–H groups in total. The van der Waals surface area contributed by atoms with Crippen LogP contribution in [-0.4, -0.2) is 66.5 Å². The average molecular weight is 278 g/mol. The van der Waals surface area contributed by atoms with Gasteiger partial charge < -0.3 is 10.0 Å². The number of nitrogens with zero attached hydrogens (tertiary/aromatic N) is 2. The summed E-state index contributed by atoms with van der Waals surface area (Å²) >= 11 is 0. The van der Waals surface area contributed by atoms with Crippen molar-refractivity contribution < 1.29 is 23.1 Å². The van der Waals surface area contributed by atoms with E-state index in [0.29, 0.717) is 13.0 Å². The highest BCUT2D eigenvalue weighted by molar-refractivity contribution is 7.90. The van der Waals surface area contributed by atoms with Crippen LogP contribution >= 0.6 is 0 Å². The van der Waals surface area contributed by atoms with Crippen molar-refractivity contribution in [2.45, 2.75) is 25.0 Å². The zero-order valence-corrected chi connectivity index (χ0v) is 11.3. The summed E-state index contributed by atoms with van der Waals surface area (Å²) < 4.78 is 24.9. The monoisotopic (exact) mass is 278 g/mol. The largest absolute Gasteiger partial charge is 0.480 e. The molecule has 0 aromatic rings. The predicted octanol–water partition coefficient (Wildman–Crippen LogP) is -0.656. The molecule has 8 heteroatoms. The molecule has 0 radical (unpaired) electrons. The van der Waals surface area contributed by atoms with Crippen molar-refractivity contribution >= 4 is 21.9 Å². The third-order valence-electron chi connectivity index (χ3n) is 2.91. The number of aliphatic carboxylic acids is 1. The lowest BCUT2D eigenvalue weighted by Crippen LogP contribution is -2.45. The molecule has 1 fully saturated rings. The van der Waals surface area contributed by atoms with Crippen LogP contribution in [-0.2, 0) is 19.6 Å². The van der Waals surface area contributed by atoms with Crippen molar-refractivity contribution in [3.63, 3.8) is 0 Å². The van der Waals surface area contributed by atoms with Crippen molar-refractivity contribution in [2.75, 3.05) is 26.7 Å². The zero-order valence-electron chi connectivity index (χ0n) is 10.5. The van der Waals surface area contributed by atoms with Gasteiger partial charge in [0.05, 0.1) is 0 Å². The summed E-state index contributed by atoms with van der Waals surface area (Å²) in [5.41, 5.74) is 0. The molecule has 0 aromatic heterocycles. The number of hydrogen-bond donors (Lipinski definition) is 1. The lowest BCUT2D eigenvalue weighted by Gasteiger charge is -2.23. The maximum atomic E-state index is 12.1. The first kappa shape index (κ1) is 14.9. The van der Waals surface area contributed by atoms with Crippen LogP contribution in [0.1, 0.15) is 19.8 Å². The smallest absolute Gasteiger partial charge is 0.323 e. The zero-order chi connectivity index (χ0) is 13.9. The second-order valence-corrected chi connectivity index (χ2v) is 6.52. The molecule has 0 aromatic carbocycles. The van der Waals surface area contributed by atoms with E-state index in [-0.39, 0.29) is 13.0 Å². The molecule has 0 spiro atoms. The van der Waals surface area contributed by atoms with Crippen molar-refractivity contribution in [3.8, 4) is 0 Å². The van der Waals surface area contributed by atoms with E-state index in [1.165, 1.54) is 7.05 Å². The fraction of sp³-hybridized carbons (Fsp3) is 0.800. The van der Waals surface area contributed by atoms with Crippen molar-refractivity contribution in [1.82, 2.24) is 9.21 Å². The molecule has 1 aliphatic heterocycles. The minimum absolute atomic E-state index is 0.220. The van der Waals surface area contributed by atoms with Crippen molar-refractivity contribution in [3.05, 3.63) is 0 Å². The molecule has 0 bridgehead atoms. The van der Waals surface area contributed by atoms with Crippen LogP contribution in [0, 0.1) is 0 Å². The normalized spacial score (nSPS) is 22.9. The second-order valence-electron chi connectivity index (χ2n) is 4.30. The van der Waals surface area contributed by atoms with E-state index in [9.17, 15) is 18.0 Å². The number of carboxylic acids is 1. The van der Waals surface area contributed by atoms with Crippen LogP contribution in [0.4, 0.5) is 0 Å². The van der Waals surface area contributed by atoms with Gasteiger partial charge in [0.15, 0.2) is 5.25 Å². The number of rotatable bonds is 5. The molecule has 7 nitrogen and oxygen atoms in total. The molecule has 1 amide bonds.